The highest BCUT2D eigenvalue weighted by Crippen LogP contribution is 2.25. The molecule has 0 bridgehead atoms. The summed E-state index contributed by atoms with van der Waals surface area (Å²) in [4.78, 5) is 15.5. The molecule has 0 saturated heterocycles. The summed E-state index contributed by atoms with van der Waals surface area (Å²) < 4.78 is 9.75. The molecule has 0 aliphatic heterocycles. The molecule has 0 fully saturated rings. The van der Waals surface area contributed by atoms with Crippen molar-refractivity contribution in [3.05, 3.63) is 35.0 Å². The maximum absolute atomic E-state index is 11.1. The highest BCUT2D eigenvalue weighted by molar-refractivity contribution is 6.30. The fourth-order valence-electron chi connectivity index (χ4n) is 1.81. The van der Waals surface area contributed by atoms with Crippen LogP contribution in [0.1, 0.15) is 12.0 Å². The number of methoxy groups -OCH3 is 2. The second kappa shape index (κ2) is 5.89. The Morgan fingerprint density at radius 1 is 1.32 bits per heavy atom. The largest absolute Gasteiger partial charge is 0.497 e. The van der Waals surface area contributed by atoms with Gasteiger partial charge in [0.25, 0.3) is 0 Å². The highest BCUT2D eigenvalue weighted by atomic mass is 35.5. The summed E-state index contributed by atoms with van der Waals surface area (Å²) >= 11 is 6.12. The SMILES string of the molecule is COC(=O)CCc1cc2ccc(OC)cc2nc1Cl. The maximum atomic E-state index is 11.1. The summed E-state index contributed by atoms with van der Waals surface area (Å²) in [5, 5.41) is 1.37. The molecule has 1 aromatic heterocycles. The van der Waals surface area contributed by atoms with E-state index in [1.807, 2.05) is 24.3 Å². The van der Waals surface area contributed by atoms with Gasteiger partial charge in [-0.3, -0.25) is 4.79 Å². The number of benzene rings is 1. The predicted molar refractivity (Wildman–Crippen MR) is 73.6 cm³/mol. The number of halogens is 1. The van der Waals surface area contributed by atoms with Crippen LogP contribution in [0.5, 0.6) is 5.75 Å². The lowest BCUT2D eigenvalue weighted by Crippen LogP contribution is -2.02. The van der Waals surface area contributed by atoms with Crippen molar-refractivity contribution in [3.63, 3.8) is 0 Å². The number of nitrogens with zero attached hydrogens (tertiary/aromatic N) is 1. The standard InChI is InChI=1S/C14H14ClNO3/c1-18-11-5-3-9-7-10(4-6-13(17)19-2)14(15)16-12(9)8-11/h3,5,7-8H,4,6H2,1-2H3. The lowest BCUT2D eigenvalue weighted by Gasteiger charge is -2.07. The lowest BCUT2D eigenvalue weighted by atomic mass is 10.1. The van der Waals surface area contributed by atoms with Crippen molar-refractivity contribution in [2.45, 2.75) is 12.8 Å². The second-order valence-electron chi connectivity index (χ2n) is 4.07. The van der Waals surface area contributed by atoms with Gasteiger partial charge < -0.3 is 9.47 Å². The first-order valence-corrected chi connectivity index (χ1v) is 6.22. The molecule has 0 aliphatic carbocycles. The predicted octanol–water partition coefficient (Wildman–Crippen LogP) is 3.00. The number of aryl methyl sites for hydroxylation is 1. The molecule has 100 valence electrons. The Balaban J connectivity index is 2.31. The van der Waals surface area contributed by atoms with E-state index >= 15 is 0 Å². The Kier molecular flexibility index (Phi) is 4.22. The normalized spacial score (nSPS) is 10.5. The van der Waals surface area contributed by atoms with E-state index in [0.29, 0.717) is 18.0 Å². The number of hydrogen-bond acceptors (Lipinski definition) is 4. The minimum atomic E-state index is -0.258. The molecule has 0 spiro atoms. The summed E-state index contributed by atoms with van der Waals surface area (Å²) in [6, 6.07) is 7.54. The van der Waals surface area contributed by atoms with E-state index in [-0.39, 0.29) is 5.97 Å². The quantitative estimate of drug-likeness (QED) is 0.638. The zero-order valence-corrected chi connectivity index (χ0v) is 11.5. The van der Waals surface area contributed by atoms with E-state index in [0.717, 1.165) is 22.2 Å². The van der Waals surface area contributed by atoms with Gasteiger partial charge in [0.1, 0.15) is 10.9 Å². The smallest absolute Gasteiger partial charge is 0.305 e. The fraction of sp³-hybridized carbons (Fsp3) is 0.286. The molecule has 4 nitrogen and oxygen atoms in total. The Labute approximate surface area is 116 Å². The Hall–Kier alpha value is -1.81. The topological polar surface area (TPSA) is 48.4 Å². The van der Waals surface area contributed by atoms with Crippen LogP contribution in [0.15, 0.2) is 24.3 Å². The van der Waals surface area contributed by atoms with Crippen molar-refractivity contribution >= 4 is 28.5 Å². The number of aromatic nitrogens is 1. The first kappa shape index (κ1) is 13.6. The molecule has 0 aliphatic rings. The Morgan fingerprint density at radius 2 is 2.11 bits per heavy atom. The molecule has 5 heteroatoms. The fourth-order valence-corrected chi connectivity index (χ4v) is 2.05. The molecule has 1 aromatic carbocycles. The van der Waals surface area contributed by atoms with E-state index in [1.54, 1.807) is 7.11 Å². The van der Waals surface area contributed by atoms with Crippen molar-refractivity contribution in [1.82, 2.24) is 4.98 Å². The van der Waals surface area contributed by atoms with Crippen LogP contribution in [0.25, 0.3) is 10.9 Å². The number of fused-ring (bicyclic) bond motifs is 1. The van der Waals surface area contributed by atoms with Crippen molar-refractivity contribution in [2.24, 2.45) is 0 Å². The second-order valence-corrected chi connectivity index (χ2v) is 4.43. The molecule has 0 N–H and O–H groups in total. The van der Waals surface area contributed by atoms with Crippen molar-refractivity contribution in [3.8, 4) is 5.75 Å². The van der Waals surface area contributed by atoms with Crippen LogP contribution in [-0.4, -0.2) is 25.2 Å². The first-order chi connectivity index (χ1) is 9.13. The van der Waals surface area contributed by atoms with E-state index < -0.39 is 0 Å². The molecule has 0 unspecified atom stereocenters. The van der Waals surface area contributed by atoms with Gasteiger partial charge in [-0.05, 0) is 30.2 Å². The number of esters is 1. The molecule has 0 saturated carbocycles. The van der Waals surface area contributed by atoms with Crippen LogP contribution in [0.4, 0.5) is 0 Å². The molecule has 1 heterocycles. The number of pyridine rings is 1. The van der Waals surface area contributed by atoms with Crippen LogP contribution in [0.3, 0.4) is 0 Å². The van der Waals surface area contributed by atoms with Gasteiger partial charge >= 0.3 is 5.97 Å². The summed E-state index contributed by atoms with van der Waals surface area (Å²) in [5.41, 5.74) is 1.61. The molecule has 0 atom stereocenters. The number of carbonyl (C=O) groups is 1. The van der Waals surface area contributed by atoms with Gasteiger partial charge in [-0.25, -0.2) is 4.98 Å². The first-order valence-electron chi connectivity index (χ1n) is 5.84. The Bertz CT molecular complexity index is 613. The average molecular weight is 280 g/mol. The molecule has 0 amide bonds. The van der Waals surface area contributed by atoms with Crippen LogP contribution in [0, 0.1) is 0 Å². The molecule has 19 heavy (non-hydrogen) atoms. The Morgan fingerprint density at radius 3 is 2.79 bits per heavy atom. The molecular weight excluding hydrogens is 266 g/mol. The lowest BCUT2D eigenvalue weighted by molar-refractivity contribution is -0.140. The number of ether oxygens (including phenoxy) is 2. The third kappa shape index (κ3) is 3.15. The van der Waals surface area contributed by atoms with Gasteiger partial charge in [-0.1, -0.05) is 11.6 Å². The summed E-state index contributed by atoms with van der Waals surface area (Å²) in [6.45, 7) is 0. The van der Waals surface area contributed by atoms with Gasteiger partial charge in [-0.2, -0.15) is 0 Å². The van der Waals surface area contributed by atoms with Crippen LogP contribution >= 0.6 is 11.6 Å². The minimum Gasteiger partial charge on any atom is -0.497 e. The van der Waals surface area contributed by atoms with Crippen LogP contribution < -0.4 is 4.74 Å². The summed E-state index contributed by atoms with van der Waals surface area (Å²) in [5.74, 6) is 0.476. The van der Waals surface area contributed by atoms with Crippen LogP contribution in [0.2, 0.25) is 5.15 Å². The summed E-state index contributed by atoms with van der Waals surface area (Å²) in [7, 11) is 2.97. The van der Waals surface area contributed by atoms with E-state index in [4.69, 9.17) is 16.3 Å². The zero-order chi connectivity index (χ0) is 13.8. The van der Waals surface area contributed by atoms with Gasteiger partial charge in [0.15, 0.2) is 0 Å². The van der Waals surface area contributed by atoms with Gasteiger partial charge in [-0.15, -0.1) is 0 Å². The molecule has 0 radical (unpaired) electrons. The molecule has 2 rings (SSSR count). The van der Waals surface area contributed by atoms with Gasteiger partial charge in [0.05, 0.1) is 19.7 Å². The van der Waals surface area contributed by atoms with E-state index in [1.165, 1.54) is 7.11 Å². The third-order valence-electron chi connectivity index (χ3n) is 2.88. The molecular formula is C14H14ClNO3. The number of hydrogen-bond donors (Lipinski definition) is 0. The highest BCUT2D eigenvalue weighted by Gasteiger charge is 2.08. The van der Waals surface area contributed by atoms with Gasteiger partial charge in [0.2, 0.25) is 0 Å². The minimum absolute atomic E-state index is 0.258. The van der Waals surface area contributed by atoms with Crippen LogP contribution in [-0.2, 0) is 16.0 Å². The van der Waals surface area contributed by atoms with Crippen molar-refractivity contribution in [1.29, 1.82) is 0 Å². The average Bonchev–Trinajstić information content (AvgIpc) is 2.44. The van der Waals surface area contributed by atoms with Crippen molar-refractivity contribution in [2.75, 3.05) is 14.2 Å². The molecule has 2 aromatic rings. The zero-order valence-electron chi connectivity index (χ0n) is 10.8. The monoisotopic (exact) mass is 279 g/mol. The van der Waals surface area contributed by atoms with Crippen molar-refractivity contribution < 1.29 is 14.3 Å². The number of carbonyl (C=O) groups excluding carboxylic acids is 1. The van der Waals surface area contributed by atoms with E-state index in [2.05, 4.69) is 9.72 Å². The number of rotatable bonds is 4. The van der Waals surface area contributed by atoms with E-state index in [9.17, 15) is 4.79 Å². The summed E-state index contributed by atoms with van der Waals surface area (Å²) in [6.07, 6.45) is 0.806. The van der Waals surface area contributed by atoms with Gasteiger partial charge in [0, 0.05) is 17.9 Å². The maximum Gasteiger partial charge on any atom is 0.305 e. The third-order valence-corrected chi connectivity index (χ3v) is 3.20.